The summed E-state index contributed by atoms with van der Waals surface area (Å²) in [7, 11) is 0. The van der Waals surface area contributed by atoms with Crippen LogP contribution in [-0.2, 0) is 4.79 Å². The number of nitrogens with one attached hydrogen (secondary N) is 2. The van der Waals surface area contributed by atoms with Crippen molar-refractivity contribution in [2.75, 3.05) is 11.1 Å². The van der Waals surface area contributed by atoms with Crippen LogP contribution in [0.4, 0.5) is 5.69 Å². The largest absolute Gasteiger partial charge is 0.478 e. The molecule has 0 aliphatic carbocycles. The molecule has 0 atom stereocenters. The van der Waals surface area contributed by atoms with E-state index in [4.69, 9.17) is 9.84 Å². The SMILES string of the molecule is O=C(CSc1nc2ccc(Oc3cccc4ccccc34)cc2[nH]1)Nc1ccc(C(=O)O)cc1. The zero-order valence-electron chi connectivity index (χ0n) is 17.8. The summed E-state index contributed by atoms with van der Waals surface area (Å²) in [5.74, 6) is 0.392. The molecular formula is C26H19N3O4S. The van der Waals surface area contributed by atoms with Crippen LogP contribution in [0.2, 0.25) is 0 Å². The van der Waals surface area contributed by atoms with E-state index in [0.717, 1.165) is 27.6 Å². The Morgan fingerprint density at radius 2 is 1.76 bits per heavy atom. The van der Waals surface area contributed by atoms with Crippen LogP contribution in [0, 0.1) is 0 Å². The number of aromatic amines is 1. The van der Waals surface area contributed by atoms with Crippen molar-refractivity contribution in [2.45, 2.75) is 5.16 Å². The van der Waals surface area contributed by atoms with Crippen molar-refractivity contribution < 1.29 is 19.4 Å². The van der Waals surface area contributed by atoms with Gasteiger partial charge >= 0.3 is 5.97 Å². The molecule has 0 saturated heterocycles. The van der Waals surface area contributed by atoms with Gasteiger partial charge in [-0.15, -0.1) is 0 Å². The van der Waals surface area contributed by atoms with Gasteiger partial charge < -0.3 is 20.1 Å². The van der Waals surface area contributed by atoms with Crippen LogP contribution >= 0.6 is 11.8 Å². The normalized spacial score (nSPS) is 10.9. The Bertz CT molecular complexity index is 1510. The van der Waals surface area contributed by atoms with Crippen LogP contribution in [0.25, 0.3) is 21.8 Å². The molecule has 8 heteroatoms. The summed E-state index contributed by atoms with van der Waals surface area (Å²) < 4.78 is 6.14. The first-order valence-electron chi connectivity index (χ1n) is 10.5. The van der Waals surface area contributed by atoms with Crippen molar-refractivity contribution >= 4 is 51.1 Å². The molecule has 5 aromatic rings. The highest BCUT2D eigenvalue weighted by atomic mass is 32.2. The molecule has 7 nitrogen and oxygen atoms in total. The van der Waals surface area contributed by atoms with Gasteiger partial charge in [-0.2, -0.15) is 0 Å². The molecule has 0 saturated carbocycles. The predicted octanol–water partition coefficient (Wildman–Crippen LogP) is 5.94. The molecular weight excluding hydrogens is 450 g/mol. The topological polar surface area (TPSA) is 104 Å². The molecule has 1 heterocycles. The van der Waals surface area contributed by atoms with Gasteiger partial charge in [0.2, 0.25) is 5.91 Å². The molecule has 168 valence electrons. The molecule has 5 rings (SSSR count). The van der Waals surface area contributed by atoms with Crippen molar-refractivity contribution in [1.82, 2.24) is 9.97 Å². The van der Waals surface area contributed by atoms with E-state index in [1.165, 1.54) is 23.9 Å². The Balaban J connectivity index is 1.24. The zero-order chi connectivity index (χ0) is 23.5. The molecule has 3 N–H and O–H groups in total. The maximum atomic E-state index is 12.3. The van der Waals surface area contributed by atoms with Crippen molar-refractivity contribution in [2.24, 2.45) is 0 Å². The minimum absolute atomic E-state index is 0.153. The molecule has 0 aliphatic heterocycles. The molecule has 4 aromatic carbocycles. The number of H-pyrrole nitrogens is 1. The van der Waals surface area contributed by atoms with E-state index >= 15 is 0 Å². The van der Waals surface area contributed by atoms with Crippen molar-refractivity contribution in [3.8, 4) is 11.5 Å². The number of aromatic carboxylic acids is 1. The lowest BCUT2D eigenvalue weighted by Gasteiger charge is -2.08. The molecule has 0 bridgehead atoms. The fourth-order valence-electron chi connectivity index (χ4n) is 3.54. The maximum absolute atomic E-state index is 12.3. The lowest BCUT2D eigenvalue weighted by Crippen LogP contribution is -2.14. The molecule has 0 spiro atoms. The van der Waals surface area contributed by atoms with Gasteiger partial charge in [-0.25, -0.2) is 9.78 Å². The quantitative estimate of drug-likeness (QED) is 0.255. The van der Waals surface area contributed by atoms with E-state index in [9.17, 15) is 9.59 Å². The molecule has 1 amide bonds. The number of fused-ring (bicyclic) bond motifs is 2. The summed E-state index contributed by atoms with van der Waals surface area (Å²) in [4.78, 5) is 30.9. The molecule has 0 unspecified atom stereocenters. The Kier molecular flexibility index (Phi) is 5.88. The summed E-state index contributed by atoms with van der Waals surface area (Å²) in [6, 6.07) is 25.7. The lowest BCUT2D eigenvalue weighted by atomic mass is 10.1. The second-order valence-corrected chi connectivity index (χ2v) is 8.48. The molecule has 0 radical (unpaired) electrons. The smallest absolute Gasteiger partial charge is 0.335 e. The van der Waals surface area contributed by atoms with Gasteiger partial charge in [0.05, 0.1) is 22.3 Å². The molecule has 1 aromatic heterocycles. The standard InChI is InChI=1S/C26H19N3O4S/c30-24(27-18-10-8-17(9-11-18)25(31)32)15-34-26-28-21-13-12-19(14-22(21)29-26)33-23-7-3-5-16-4-1-2-6-20(16)23/h1-14H,15H2,(H,27,30)(H,28,29)(H,31,32). The Morgan fingerprint density at radius 1 is 0.971 bits per heavy atom. The fourth-order valence-corrected chi connectivity index (χ4v) is 4.22. The highest BCUT2D eigenvalue weighted by Gasteiger charge is 2.10. The zero-order valence-corrected chi connectivity index (χ0v) is 18.6. The number of carboxylic acid groups (broad SMARTS) is 1. The number of carboxylic acids is 1. The summed E-state index contributed by atoms with van der Waals surface area (Å²) in [5.41, 5.74) is 2.29. The number of benzene rings is 4. The number of ether oxygens (including phenoxy) is 1. The van der Waals surface area contributed by atoms with E-state index < -0.39 is 5.97 Å². The van der Waals surface area contributed by atoms with E-state index in [0.29, 0.717) is 16.6 Å². The first-order chi connectivity index (χ1) is 16.5. The number of rotatable bonds is 7. The van der Waals surface area contributed by atoms with Crippen LogP contribution in [0.1, 0.15) is 10.4 Å². The van der Waals surface area contributed by atoms with E-state index in [1.54, 1.807) is 12.1 Å². The van der Waals surface area contributed by atoms with Gasteiger partial charge in [0.1, 0.15) is 11.5 Å². The minimum Gasteiger partial charge on any atom is -0.478 e. The van der Waals surface area contributed by atoms with Gasteiger partial charge in [-0.1, -0.05) is 48.2 Å². The molecule has 0 fully saturated rings. The Hall–Kier alpha value is -4.30. The number of anilines is 1. The second-order valence-electron chi connectivity index (χ2n) is 7.52. The number of aromatic nitrogens is 2. The third kappa shape index (κ3) is 4.72. The average molecular weight is 470 g/mol. The maximum Gasteiger partial charge on any atom is 0.335 e. The van der Waals surface area contributed by atoms with Gasteiger partial charge in [-0.3, -0.25) is 4.79 Å². The molecule has 34 heavy (non-hydrogen) atoms. The fraction of sp³-hybridized carbons (Fsp3) is 0.0385. The first-order valence-corrected chi connectivity index (χ1v) is 11.5. The van der Waals surface area contributed by atoms with E-state index in [-0.39, 0.29) is 17.2 Å². The highest BCUT2D eigenvalue weighted by molar-refractivity contribution is 7.99. The highest BCUT2D eigenvalue weighted by Crippen LogP contribution is 2.31. The predicted molar refractivity (Wildman–Crippen MR) is 133 cm³/mol. The third-order valence-electron chi connectivity index (χ3n) is 5.16. The number of nitrogens with zero attached hydrogens (tertiary/aromatic N) is 1. The number of amides is 1. The number of carbonyl (C=O) groups is 2. The number of imidazole rings is 1. The lowest BCUT2D eigenvalue weighted by molar-refractivity contribution is -0.113. The minimum atomic E-state index is -1.01. The molecule has 0 aliphatic rings. The third-order valence-corrected chi connectivity index (χ3v) is 6.04. The monoisotopic (exact) mass is 469 g/mol. The Morgan fingerprint density at radius 3 is 2.59 bits per heavy atom. The van der Waals surface area contributed by atoms with E-state index in [2.05, 4.69) is 15.3 Å². The van der Waals surface area contributed by atoms with Crippen molar-refractivity contribution in [1.29, 1.82) is 0 Å². The van der Waals surface area contributed by atoms with Gasteiger partial charge in [0.25, 0.3) is 0 Å². The van der Waals surface area contributed by atoms with Crippen LogP contribution in [0.15, 0.2) is 90.1 Å². The van der Waals surface area contributed by atoms with E-state index in [1.807, 2.05) is 60.7 Å². The van der Waals surface area contributed by atoms with Crippen LogP contribution in [-0.4, -0.2) is 32.7 Å². The van der Waals surface area contributed by atoms with Gasteiger partial charge in [-0.05, 0) is 47.9 Å². The average Bonchev–Trinajstić information content (AvgIpc) is 3.26. The van der Waals surface area contributed by atoms with Crippen molar-refractivity contribution in [3.63, 3.8) is 0 Å². The van der Waals surface area contributed by atoms with Gasteiger partial charge in [0, 0.05) is 17.1 Å². The van der Waals surface area contributed by atoms with Crippen LogP contribution in [0.3, 0.4) is 0 Å². The van der Waals surface area contributed by atoms with Crippen LogP contribution < -0.4 is 10.1 Å². The Labute approximate surface area is 198 Å². The van der Waals surface area contributed by atoms with Gasteiger partial charge in [0.15, 0.2) is 5.16 Å². The number of carbonyl (C=O) groups excluding carboxylic acids is 1. The summed E-state index contributed by atoms with van der Waals surface area (Å²) in [6.07, 6.45) is 0. The second kappa shape index (κ2) is 9.29. The number of thioether (sulfide) groups is 1. The summed E-state index contributed by atoms with van der Waals surface area (Å²) in [5, 5.41) is 14.5. The van der Waals surface area contributed by atoms with Crippen LogP contribution in [0.5, 0.6) is 11.5 Å². The summed E-state index contributed by atoms with van der Waals surface area (Å²) in [6.45, 7) is 0. The number of hydrogen-bond acceptors (Lipinski definition) is 5. The number of hydrogen-bond donors (Lipinski definition) is 3. The first kappa shape index (κ1) is 21.5. The van der Waals surface area contributed by atoms with Crippen molar-refractivity contribution in [3.05, 3.63) is 90.5 Å². The summed E-state index contributed by atoms with van der Waals surface area (Å²) >= 11 is 1.28.